The second kappa shape index (κ2) is 4.09. The van der Waals surface area contributed by atoms with Crippen LogP contribution in [0.5, 0.6) is 0 Å². The van der Waals surface area contributed by atoms with Crippen LogP contribution in [0.3, 0.4) is 0 Å². The molecular weight excluding hydrogens is 230 g/mol. The number of aromatic nitrogens is 2. The van der Waals surface area contributed by atoms with Crippen LogP contribution >= 0.6 is 0 Å². The maximum Gasteiger partial charge on any atom is 0.323 e. The summed E-state index contributed by atoms with van der Waals surface area (Å²) >= 11 is 0. The van der Waals surface area contributed by atoms with Gasteiger partial charge in [0.25, 0.3) is 0 Å². The molecule has 0 spiro atoms. The van der Waals surface area contributed by atoms with Crippen molar-refractivity contribution in [1.82, 2.24) is 15.1 Å². The number of nitrogens with one attached hydrogen (secondary N) is 1. The van der Waals surface area contributed by atoms with E-state index in [0.29, 0.717) is 18.9 Å². The van der Waals surface area contributed by atoms with Crippen molar-refractivity contribution in [2.45, 2.75) is 56.7 Å². The maximum atomic E-state index is 11.6. The van der Waals surface area contributed by atoms with Gasteiger partial charge in [-0.3, -0.25) is 14.8 Å². The average Bonchev–Trinajstić information content (AvgIpc) is 2.85. The highest BCUT2D eigenvalue weighted by atomic mass is 16.4. The molecule has 18 heavy (non-hydrogen) atoms. The van der Waals surface area contributed by atoms with Crippen molar-refractivity contribution < 1.29 is 9.90 Å². The zero-order chi connectivity index (χ0) is 12.8. The normalized spacial score (nSPS) is 31.7. The van der Waals surface area contributed by atoms with Crippen molar-refractivity contribution in [3.8, 4) is 0 Å². The molecule has 98 valence electrons. The third kappa shape index (κ3) is 2.03. The third-order valence-corrected chi connectivity index (χ3v) is 4.07. The smallest absolute Gasteiger partial charge is 0.323 e. The molecule has 1 aromatic heterocycles. The largest absolute Gasteiger partial charge is 0.480 e. The summed E-state index contributed by atoms with van der Waals surface area (Å²) in [4.78, 5) is 11.6. The summed E-state index contributed by atoms with van der Waals surface area (Å²) in [6, 6.07) is 2.59. The van der Waals surface area contributed by atoms with Gasteiger partial charge in [-0.15, -0.1) is 0 Å². The number of hydrogen-bond acceptors (Lipinski definition) is 3. The molecule has 1 heterocycles. The number of aliphatic carboxylic acids is 1. The van der Waals surface area contributed by atoms with Gasteiger partial charge < -0.3 is 5.11 Å². The molecular formula is C13H19N3O2. The monoisotopic (exact) mass is 249 g/mol. The van der Waals surface area contributed by atoms with E-state index in [1.54, 1.807) is 0 Å². The molecule has 2 fully saturated rings. The van der Waals surface area contributed by atoms with Crippen LogP contribution in [0, 0.1) is 6.92 Å². The molecule has 2 atom stereocenters. The number of nitrogens with zero attached hydrogens (tertiary/aromatic N) is 2. The van der Waals surface area contributed by atoms with Crippen molar-refractivity contribution in [1.29, 1.82) is 0 Å². The first kappa shape index (κ1) is 11.7. The van der Waals surface area contributed by atoms with Gasteiger partial charge in [0.15, 0.2) is 0 Å². The van der Waals surface area contributed by atoms with E-state index in [4.69, 9.17) is 0 Å². The number of rotatable bonds is 4. The predicted octanol–water partition coefficient (Wildman–Crippen LogP) is 1.49. The number of aryl methyl sites for hydroxylation is 1. The molecule has 2 saturated carbocycles. The molecule has 3 rings (SSSR count). The molecule has 5 nitrogen and oxygen atoms in total. The topological polar surface area (TPSA) is 67.2 Å². The Hall–Kier alpha value is -1.36. The lowest BCUT2D eigenvalue weighted by molar-refractivity contribution is -0.144. The molecule has 2 aliphatic carbocycles. The molecule has 0 radical (unpaired) electrons. The molecule has 0 aliphatic heterocycles. The summed E-state index contributed by atoms with van der Waals surface area (Å²) in [5, 5.41) is 17.3. The van der Waals surface area contributed by atoms with Crippen molar-refractivity contribution in [2.24, 2.45) is 0 Å². The molecule has 0 saturated heterocycles. The van der Waals surface area contributed by atoms with Gasteiger partial charge in [0, 0.05) is 12.2 Å². The molecule has 2 aliphatic rings. The number of hydrogen-bond donors (Lipinski definition) is 2. The minimum atomic E-state index is -0.730. The highest BCUT2D eigenvalue weighted by Gasteiger charge is 2.48. The van der Waals surface area contributed by atoms with Gasteiger partial charge in [-0.2, -0.15) is 5.10 Å². The minimum Gasteiger partial charge on any atom is -0.480 e. The van der Waals surface area contributed by atoms with Crippen LogP contribution < -0.4 is 5.32 Å². The Balaban J connectivity index is 1.76. The fourth-order valence-corrected chi connectivity index (χ4v) is 2.89. The summed E-state index contributed by atoms with van der Waals surface area (Å²) in [6.07, 6.45) is 6.39. The zero-order valence-electron chi connectivity index (χ0n) is 10.6. The predicted molar refractivity (Wildman–Crippen MR) is 66.4 cm³/mol. The number of carboxylic acids is 1. The standard InChI is InChI=1S/C13H19N3O2/c1-9-5-7-16(15-9)11-4-6-13(8-11,12(17)18)14-10-2-3-10/h5,7,10-11,14H,2-4,6,8H2,1H3,(H,17,18). The molecule has 0 bridgehead atoms. The average molecular weight is 249 g/mol. The van der Waals surface area contributed by atoms with Crippen molar-refractivity contribution in [2.75, 3.05) is 0 Å². The van der Waals surface area contributed by atoms with Crippen LogP contribution in [0.1, 0.15) is 43.8 Å². The van der Waals surface area contributed by atoms with E-state index in [0.717, 1.165) is 25.0 Å². The van der Waals surface area contributed by atoms with E-state index >= 15 is 0 Å². The molecule has 0 amide bonds. The van der Waals surface area contributed by atoms with Gasteiger partial charge in [-0.1, -0.05) is 0 Å². The lowest BCUT2D eigenvalue weighted by Gasteiger charge is -2.26. The summed E-state index contributed by atoms with van der Waals surface area (Å²) in [6.45, 7) is 1.96. The van der Waals surface area contributed by atoms with Crippen LogP contribution in [-0.2, 0) is 4.79 Å². The summed E-state index contributed by atoms with van der Waals surface area (Å²) in [5.41, 5.74) is 0.254. The van der Waals surface area contributed by atoms with Gasteiger partial charge in [0.1, 0.15) is 5.54 Å². The lowest BCUT2D eigenvalue weighted by atomic mass is 9.97. The third-order valence-electron chi connectivity index (χ3n) is 4.07. The lowest BCUT2D eigenvalue weighted by Crippen LogP contribution is -2.51. The van der Waals surface area contributed by atoms with Crippen LogP contribution in [0.15, 0.2) is 12.3 Å². The first-order chi connectivity index (χ1) is 8.59. The molecule has 0 aromatic carbocycles. The van der Waals surface area contributed by atoms with E-state index in [2.05, 4.69) is 10.4 Å². The molecule has 1 aromatic rings. The highest BCUT2D eigenvalue weighted by Crippen LogP contribution is 2.40. The van der Waals surface area contributed by atoms with Crippen molar-refractivity contribution >= 4 is 5.97 Å². The number of carboxylic acid groups (broad SMARTS) is 1. The van der Waals surface area contributed by atoms with Crippen LogP contribution in [0.4, 0.5) is 0 Å². The van der Waals surface area contributed by atoms with E-state index in [1.165, 1.54) is 0 Å². The van der Waals surface area contributed by atoms with Gasteiger partial charge in [0.2, 0.25) is 0 Å². The van der Waals surface area contributed by atoms with E-state index in [9.17, 15) is 9.90 Å². The van der Waals surface area contributed by atoms with Gasteiger partial charge in [-0.05, 0) is 45.1 Å². The SMILES string of the molecule is Cc1ccn(C2CCC(NC3CC3)(C(=O)O)C2)n1. The Morgan fingerprint density at radius 3 is 2.89 bits per heavy atom. The number of carbonyl (C=O) groups is 1. The Morgan fingerprint density at radius 1 is 1.56 bits per heavy atom. The van der Waals surface area contributed by atoms with E-state index in [-0.39, 0.29) is 6.04 Å². The summed E-state index contributed by atoms with van der Waals surface area (Å²) in [5.74, 6) is -0.708. The van der Waals surface area contributed by atoms with Crippen molar-refractivity contribution in [3.63, 3.8) is 0 Å². The summed E-state index contributed by atoms with van der Waals surface area (Å²) in [7, 11) is 0. The summed E-state index contributed by atoms with van der Waals surface area (Å²) < 4.78 is 1.93. The van der Waals surface area contributed by atoms with E-state index in [1.807, 2.05) is 23.9 Å². The van der Waals surface area contributed by atoms with Crippen molar-refractivity contribution in [3.05, 3.63) is 18.0 Å². The Kier molecular flexibility index (Phi) is 2.66. The molecule has 2 N–H and O–H groups in total. The first-order valence-corrected chi connectivity index (χ1v) is 6.62. The Labute approximate surface area is 106 Å². The highest BCUT2D eigenvalue weighted by molar-refractivity contribution is 5.79. The van der Waals surface area contributed by atoms with Crippen LogP contribution in [-0.4, -0.2) is 32.4 Å². The van der Waals surface area contributed by atoms with Gasteiger partial charge >= 0.3 is 5.97 Å². The van der Waals surface area contributed by atoms with Gasteiger partial charge in [-0.25, -0.2) is 0 Å². The van der Waals surface area contributed by atoms with Crippen LogP contribution in [0.25, 0.3) is 0 Å². The van der Waals surface area contributed by atoms with Crippen LogP contribution in [0.2, 0.25) is 0 Å². The molecule has 5 heteroatoms. The first-order valence-electron chi connectivity index (χ1n) is 6.62. The Morgan fingerprint density at radius 2 is 2.33 bits per heavy atom. The zero-order valence-corrected chi connectivity index (χ0v) is 10.6. The second-order valence-electron chi connectivity index (χ2n) is 5.64. The molecule has 2 unspecified atom stereocenters. The second-order valence-corrected chi connectivity index (χ2v) is 5.64. The fraction of sp³-hybridized carbons (Fsp3) is 0.692. The van der Waals surface area contributed by atoms with Gasteiger partial charge in [0.05, 0.1) is 11.7 Å². The fourth-order valence-electron chi connectivity index (χ4n) is 2.89. The van der Waals surface area contributed by atoms with E-state index < -0.39 is 11.5 Å². The Bertz CT molecular complexity index is 467. The quantitative estimate of drug-likeness (QED) is 0.848. The minimum absolute atomic E-state index is 0.209. The maximum absolute atomic E-state index is 11.6.